The highest BCUT2D eigenvalue weighted by Crippen LogP contribution is 2.56. The predicted octanol–water partition coefficient (Wildman–Crippen LogP) is 11.8. The zero-order chi connectivity index (χ0) is 33.1. The standard InChI is InChI=1S/C45H31N/c1-3-14-33(15-4-1)45(34-16-5-2-6-17-34)43-22-12-11-21-40(43)41-28-27-36(30-44(41)45)46-35-25-23-31(24-26-35)42-29-32-13-7-8-18-37(32)38-19-9-10-20-39(38)42/h1-30,46H/i27D,28D,30D. The van der Waals surface area contributed by atoms with Crippen LogP contribution in [0.3, 0.4) is 0 Å². The van der Waals surface area contributed by atoms with Gasteiger partial charge in [0.15, 0.2) is 0 Å². The van der Waals surface area contributed by atoms with Crippen LogP contribution >= 0.6 is 0 Å². The quantitative estimate of drug-likeness (QED) is 0.197. The number of nitrogens with one attached hydrogen (secondary N) is 1. The van der Waals surface area contributed by atoms with Crippen molar-refractivity contribution in [2.24, 2.45) is 0 Å². The van der Waals surface area contributed by atoms with Crippen LogP contribution in [0, 0.1) is 0 Å². The number of benzene rings is 8. The van der Waals surface area contributed by atoms with Gasteiger partial charge in [-0.3, -0.25) is 0 Å². The van der Waals surface area contributed by atoms with E-state index in [4.69, 9.17) is 0 Å². The number of hydrogen-bond donors (Lipinski definition) is 1. The second kappa shape index (κ2) is 10.6. The molecule has 0 aliphatic heterocycles. The van der Waals surface area contributed by atoms with Gasteiger partial charge in [0, 0.05) is 11.4 Å². The van der Waals surface area contributed by atoms with Crippen molar-refractivity contribution in [3.8, 4) is 22.3 Å². The van der Waals surface area contributed by atoms with E-state index in [9.17, 15) is 4.11 Å². The third-order valence-electron chi connectivity index (χ3n) is 9.43. The highest BCUT2D eigenvalue weighted by molar-refractivity contribution is 6.13. The Kier molecular flexibility index (Phi) is 5.41. The Morgan fingerprint density at radius 3 is 1.78 bits per heavy atom. The van der Waals surface area contributed by atoms with Crippen molar-refractivity contribution in [2.75, 3.05) is 5.32 Å². The molecule has 1 nitrogen and oxygen atoms in total. The lowest BCUT2D eigenvalue weighted by Gasteiger charge is -2.34. The first-order valence-electron chi connectivity index (χ1n) is 17.2. The summed E-state index contributed by atoms with van der Waals surface area (Å²) in [4.78, 5) is 0. The first-order chi connectivity index (χ1) is 24.1. The lowest BCUT2D eigenvalue weighted by atomic mass is 9.67. The van der Waals surface area contributed by atoms with Crippen LogP contribution in [-0.4, -0.2) is 0 Å². The van der Waals surface area contributed by atoms with Gasteiger partial charge in [0.2, 0.25) is 0 Å². The number of fused-ring (bicyclic) bond motifs is 6. The molecule has 0 unspecified atom stereocenters. The molecule has 8 aromatic carbocycles. The van der Waals surface area contributed by atoms with Crippen molar-refractivity contribution < 1.29 is 4.11 Å². The van der Waals surface area contributed by atoms with Gasteiger partial charge in [0.25, 0.3) is 0 Å². The summed E-state index contributed by atoms with van der Waals surface area (Å²) in [5.74, 6) is 0. The molecule has 0 spiro atoms. The van der Waals surface area contributed by atoms with Crippen molar-refractivity contribution in [3.63, 3.8) is 0 Å². The van der Waals surface area contributed by atoms with E-state index in [0.29, 0.717) is 11.3 Å². The smallest absolute Gasteiger partial charge is 0.0714 e. The van der Waals surface area contributed by atoms with Crippen LogP contribution in [0.15, 0.2) is 182 Å². The molecule has 0 heterocycles. The molecule has 0 aromatic heterocycles. The van der Waals surface area contributed by atoms with Crippen molar-refractivity contribution in [1.82, 2.24) is 0 Å². The maximum atomic E-state index is 9.82. The van der Waals surface area contributed by atoms with E-state index >= 15 is 0 Å². The van der Waals surface area contributed by atoms with Crippen LogP contribution in [0.25, 0.3) is 43.8 Å². The topological polar surface area (TPSA) is 12.0 Å². The summed E-state index contributed by atoms with van der Waals surface area (Å²) in [6.07, 6.45) is 0. The Morgan fingerprint density at radius 1 is 0.435 bits per heavy atom. The van der Waals surface area contributed by atoms with Gasteiger partial charge in [-0.2, -0.15) is 0 Å². The molecule has 46 heavy (non-hydrogen) atoms. The van der Waals surface area contributed by atoms with Crippen LogP contribution < -0.4 is 5.32 Å². The van der Waals surface area contributed by atoms with E-state index in [0.717, 1.165) is 44.6 Å². The molecule has 1 aliphatic rings. The monoisotopic (exact) mass is 588 g/mol. The second-order valence-electron chi connectivity index (χ2n) is 11.9. The molecule has 0 saturated heterocycles. The average molecular weight is 589 g/mol. The van der Waals surface area contributed by atoms with Gasteiger partial charge in [0.05, 0.1) is 9.53 Å². The van der Waals surface area contributed by atoms with E-state index in [1.165, 1.54) is 21.5 Å². The summed E-state index contributed by atoms with van der Waals surface area (Å²) in [6, 6.07) is 56.5. The fourth-order valence-electron chi connectivity index (χ4n) is 7.43. The Balaban J connectivity index is 1.21. The molecule has 1 N–H and O–H groups in total. The van der Waals surface area contributed by atoms with Gasteiger partial charge in [-0.25, -0.2) is 0 Å². The molecule has 0 saturated carbocycles. The van der Waals surface area contributed by atoms with E-state index in [1.54, 1.807) is 0 Å². The lowest BCUT2D eigenvalue weighted by molar-refractivity contribution is 0.769. The molecular weight excluding hydrogens is 555 g/mol. The van der Waals surface area contributed by atoms with Crippen LogP contribution in [-0.2, 0) is 5.41 Å². The summed E-state index contributed by atoms with van der Waals surface area (Å²) in [7, 11) is 0. The van der Waals surface area contributed by atoms with Gasteiger partial charge in [0.1, 0.15) is 0 Å². The Labute approximate surface area is 273 Å². The fraction of sp³-hybridized carbons (Fsp3) is 0.0222. The first kappa shape index (κ1) is 23.5. The third-order valence-corrected chi connectivity index (χ3v) is 9.43. The van der Waals surface area contributed by atoms with Crippen LogP contribution in [0.4, 0.5) is 11.4 Å². The Bertz CT molecular complexity index is 2500. The molecule has 0 amide bonds. The number of rotatable bonds is 5. The normalized spacial score (nSPS) is 13.9. The largest absolute Gasteiger partial charge is 0.356 e. The van der Waals surface area contributed by atoms with E-state index in [-0.39, 0.29) is 18.1 Å². The highest BCUT2D eigenvalue weighted by atomic mass is 14.9. The minimum absolute atomic E-state index is 0.0140. The molecule has 0 fully saturated rings. The van der Waals surface area contributed by atoms with Gasteiger partial charge in [-0.05, 0) is 96.3 Å². The van der Waals surface area contributed by atoms with E-state index in [2.05, 4.69) is 102 Å². The third kappa shape index (κ3) is 4.02. The summed E-state index contributed by atoms with van der Waals surface area (Å²) < 4.78 is 28.4. The van der Waals surface area contributed by atoms with Gasteiger partial charge in [-0.1, -0.05) is 152 Å². The fourth-order valence-corrected chi connectivity index (χ4v) is 7.43. The molecular formula is C45H31N. The molecule has 1 heteroatoms. The lowest BCUT2D eigenvalue weighted by Crippen LogP contribution is -2.28. The summed E-state index contributed by atoms with van der Waals surface area (Å²) in [5, 5.41) is 8.27. The van der Waals surface area contributed by atoms with Crippen LogP contribution in [0.1, 0.15) is 26.4 Å². The summed E-state index contributed by atoms with van der Waals surface area (Å²) in [6.45, 7) is 0. The number of hydrogen-bond acceptors (Lipinski definition) is 1. The zero-order valence-corrected chi connectivity index (χ0v) is 25.1. The SMILES string of the molecule is [2H]c1c([2H])c2c(c([2H])c1Nc1ccc(-c3cc4ccccc4c4ccccc34)cc1)C(c1ccccc1)(c1ccccc1)c1ccccc1-2. The molecule has 9 rings (SSSR count). The molecule has 1 aliphatic carbocycles. The van der Waals surface area contributed by atoms with Crippen LogP contribution in [0.5, 0.6) is 0 Å². The van der Waals surface area contributed by atoms with E-state index in [1.807, 2.05) is 66.7 Å². The van der Waals surface area contributed by atoms with Gasteiger partial charge in [-0.15, -0.1) is 0 Å². The van der Waals surface area contributed by atoms with Crippen molar-refractivity contribution in [1.29, 1.82) is 0 Å². The number of anilines is 2. The Morgan fingerprint density at radius 2 is 1.04 bits per heavy atom. The zero-order valence-electron chi connectivity index (χ0n) is 28.1. The summed E-state index contributed by atoms with van der Waals surface area (Å²) >= 11 is 0. The predicted molar refractivity (Wildman–Crippen MR) is 194 cm³/mol. The molecule has 0 radical (unpaired) electrons. The van der Waals surface area contributed by atoms with Gasteiger partial charge >= 0.3 is 0 Å². The van der Waals surface area contributed by atoms with E-state index < -0.39 is 5.41 Å². The average Bonchev–Trinajstić information content (AvgIpc) is 3.48. The minimum Gasteiger partial charge on any atom is -0.356 e. The van der Waals surface area contributed by atoms with Crippen molar-refractivity contribution in [2.45, 2.75) is 5.41 Å². The van der Waals surface area contributed by atoms with Crippen LogP contribution in [0.2, 0.25) is 0 Å². The summed E-state index contributed by atoms with van der Waals surface area (Å²) in [5.41, 5.74) is 7.86. The first-order valence-corrected chi connectivity index (χ1v) is 15.7. The molecule has 0 atom stereocenters. The minimum atomic E-state index is -0.827. The van der Waals surface area contributed by atoms with Crippen molar-refractivity contribution >= 4 is 32.9 Å². The van der Waals surface area contributed by atoms with Gasteiger partial charge < -0.3 is 5.32 Å². The molecule has 8 aromatic rings. The highest BCUT2D eigenvalue weighted by Gasteiger charge is 2.46. The Hall–Kier alpha value is -5.92. The molecule has 216 valence electrons. The molecule has 0 bridgehead atoms. The maximum absolute atomic E-state index is 9.82. The second-order valence-corrected chi connectivity index (χ2v) is 11.9. The van der Waals surface area contributed by atoms with Crippen molar-refractivity contribution in [3.05, 3.63) is 204 Å². The maximum Gasteiger partial charge on any atom is 0.0714 e.